The summed E-state index contributed by atoms with van der Waals surface area (Å²) >= 11 is 3.35. The lowest BCUT2D eigenvalue weighted by atomic mass is 10.1. The molecule has 4 atom stereocenters. The molecule has 4 rings (SSSR count). The highest BCUT2D eigenvalue weighted by Crippen LogP contribution is 2.32. The SMILES string of the molecule is O=C(OC[C@@H]1O[C@@H](Br)[C@H](OC(=O)c2ccccc2)[C@H]1OC(=O)c1ccccc1)c1ccccc1. The molecule has 34 heavy (non-hydrogen) atoms. The normalized spacial score (nSPS) is 21.4. The number of benzene rings is 3. The fourth-order valence-corrected chi connectivity index (χ4v) is 4.11. The number of carbonyl (C=O) groups excluding carboxylic acids is 3. The number of carbonyl (C=O) groups is 3. The summed E-state index contributed by atoms with van der Waals surface area (Å²) in [6, 6.07) is 25.4. The summed E-state index contributed by atoms with van der Waals surface area (Å²) in [7, 11) is 0. The molecule has 1 aliphatic rings. The van der Waals surface area contributed by atoms with Gasteiger partial charge in [-0.05, 0) is 36.4 Å². The fourth-order valence-electron chi connectivity index (χ4n) is 3.43. The zero-order valence-electron chi connectivity index (χ0n) is 17.9. The molecule has 3 aromatic rings. The Morgan fingerprint density at radius 3 is 1.53 bits per heavy atom. The van der Waals surface area contributed by atoms with E-state index in [-0.39, 0.29) is 6.61 Å². The van der Waals surface area contributed by atoms with E-state index in [2.05, 4.69) is 15.9 Å². The Labute approximate surface area is 204 Å². The van der Waals surface area contributed by atoms with Crippen LogP contribution in [0.4, 0.5) is 0 Å². The van der Waals surface area contributed by atoms with Crippen LogP contribution in [0.2, 0.25) is 0 Å². The maximum absolute atomic E-state index is 12.8. The van der Waals surface area contributed by atoms with Crippen LogP contribution in [0.5, 0.6) is 0 Å². The molecule has 0 unspecified atom stereocenters. The zero-order chi connectivity index (χ0) is 23.9. The molecule has 1 aliphatic heterocycles. The molecule has 0 spiro atoms. The lowest BCUT2D eigenvalue weighted by Crippen LogP contribution is -2.41. The van der Waals surface area contributed by atoms with Gasteiger partial charge in [0, 0.05) is 0 Å². The van der Waals surface area contributed by atoms with E-state index in [1.807, 2.05) is 0 Å². The summed E-state index contributed by atoms with van der Waals surface area (Å²) < 4.78 is 22.6. The first-order valence-electron chi connectivity index (χ1n) is 10.6. The molecule has 7 nitrogen and oxygen atoms in total. The molecule has 0 amide bonds. The molecule has 0 aliphatic carbocycles. The molecular formula is C26H21BrO7. The lowest BCUT2D eigenvalue weighted by Gasteiger charge is -2.23. The minimum Gasteiger partial charge on any atom is -0.459 e. The second-order valence-corrected chi connectivity index (χ2v) is 8.36. The van der Waals surface area contributed by atoms with Crippen LogP contribution in [0, 0.1) is 0 Å². The quantitative estimate of drug-likeness (QED) is 0.257. The van der Waals surface area contributed by atoms with E-state index in [1.165, 1.54) is 0 Å². The van der Waals surface area contributed by atoms with E-state index >= 15 is 0 Å². The first-order valence-corrected chi connectivity index (χ1v) is 11.5. The van der Waals surface area contributed by atoms with Gasteiger partial charge in [-0.3, -0.25) is 0 Å². The first-order chi connectivity index (χ1) is 16.5. The molecule has 1 fully saturated rings. The van der Waals surface area contributed by atoms with Crippen LogP contribution < -0.4 is 0 Å². The minimum atomic E-state index is -1.02. The third-order valence-corrected chi connectivity index (χ3v) is 5.88. The van der Waals surface area contributed by atoms with Gasteiger partial charge in [-0.15, -0.1) is 0 Å². The van der Waals surface area contributed by atoms with Crippen molar-refractivity contribution in [1.82, 2.24) is 0 Å². The molecule has 0 saturated carbocycles. The molecule has 0 radical (unpaired) electrons. The third-order valence-electron chi connectivity index (χ3n) is 5.15. The average molecular weight is 525 g/mol. The number of hydrogen-bond donors (Lipinski definition) is 0. The molecule has 174 valence electrons. The van der Waals surface area contributed by atoms with E-state index in [0.29, 0.717) is 16.7 Å². The van der Waals surface area contributed by atoms with Gasteiger partial charge < -0.3 is 18.9 Å². The molecule has 1 heterocycles. The van der Waals surface area contributed by atoms with E-state index < -0.39 is 41.2 Å². The predicted octanol–water partition coefficient (Wildman–Crippen LogP) is 4.41. The van der Waals surface area contributed by atoms with Gasteiger partial charge in [0.05, 0.1) is 16.7 Å². The van der Waals surface area contributed by atoms with Crippen molar-refractivity contribution in [2.45, 2.75) is 23.3 Å². The van der Waals surface area contributed by atoms with Crippen molar-refractivity contribution >= 4 is 33.8 Å². The van der Waals surface area contributed by atoms with Crippen molar-refractivity contribution in [3.8, 4) is 0 Å². The Kier molecular flexibility index (Phi) is 7.72. The topological polar surface area (TPSA) is 88.1 Å². The number of ether oxygens (including phenoxy) is 4. The summed E-state index contributed by atoms with van der Waals surface area (Å²) in [6.07, 6.45) is -2.85. The third kappa shape index (κ3) is 5.70. The Morgan fingerprint density at radius 2 is 1.06 bits per heavy atom. The maximum atomic E-state index is 12.8. The van der Waals surface area contributed by atoms with Crippen LogP contribution in [0.3, 0.4) is 0 Å². The van der Waals surface area contributed by atoms with Gasteiger partial charge in [0.25, 0.3) is 0 Å². The number of halogens is 1. The van der Waals surface area contributed by atoms with Crippen LogP contribution in [-0.2, 0) is 18.9 Å². The number of esters is 3. The fraction of sp³-hybridized carbons (Fsp3) is 0.192. The number of alkyl halides is 1. The monoisotopic (exact) mass is 524 g/mol. The van der Waals surface area contributed by atoms with Crippen molar-refractivity contribution in [3.05, 3.63) is 108 Å². The second kappa shape index (κ2) is 11.1. The minimum absolute atomic E-state index is 0.206. The van der Waals surface area contributed by atoms with Crippen LogP contribution in [-0.4, -0.2) is 47.8 Å². The van der Waals surface area contributed by atoms with Crippen molar-refractivity contribution < 1.29 is 33.3 Å². The Bertz CT molecular complexity index is 1120. The van der Waals surface area contributed by atoms with E-state index in [1.54, 1.807) is 91.0 Å². The summed E-state index contributed by atoms with van der Waals surface area (Å²) in [5.41, 5.74) is 1.05. The van der Waals surface area contributed by atoms with Gasteiger partial charge in [0.2, 0.25) is 0 Å². The molecular weight excluding hydrogens is 504 g/mol. The molecule has 8 heteroatoms. The Balaban J connectivity index is 1.51. The highest BCUT2D eigenvalue weighted by atomic mass is 79.9. The van der Waals surface area contributed by atoms with Crippen LogP contribution in [0.25, 0.3) is 0 Å². The number of hydrogen-bond acceptors (Lipinski definition) is 7. The largest absolute Gasteiger partial charge is 0.459 e. The summed E-state index contributed by atoms with van der Waals surface area (Å²) in [5, 5.41) is -0.783. The molecule has 3 aromatic carbocycles. The smallest absolute Gasteiger partial charge is 0.338 e. The van der Waals surface area contributed by atoms with Gasteiger partial charge in [-0.2, -0.15) is 0 Å². The van der Waals surface area contributed by atoms with Crippen molar-refractivity contribution in [2.24, 2.45) is 0 Å². The van der Waals surface area contributed by atoms with Gasteiger partial charge in [-0.25, -0.2) is 14.4 Å². The van der Waals surface area contributed by atoms with E-state index in [9.17, 15) is 14.4 Å². The van der Waals surface area contributed by atoms with Crippen LogP contribution >= 0.6 is 15.9 Å². The first kappa shape index (κ1) is 23.7. The van der Waals surface area contributed by atoms with Crippen LogP contribution in [0.15, 0.2) is 91.0 Å². The molecule has 0 N–H and O–H groups in total. The Hall–Kier alpha value is -3.49. The van der Waals surface area contributed by atoms with Gasteiger partial charge in [-0.1, -0.05) is 70.5 Å². The maximum Gasteiger partial charge on any atom is 0.338 e. The standard InChI is InChI=1S/C26H21BrO7/c27-23-22(34-26(30)19-14-8-3-9-15-19)21(33-25(29)18-12-6-2-7-13-18)20(32-23)16-31-24(28)17-10-4-1-5-11-17/h1-15,20-23H,16H2/t20-,21-,22+,23+/m0/s1. The molecule has 0 aromatic heterocycles. The van der Waals surface area contributed by atoms with Crippen molar-refractivity contribution in [2.75, 3.05) is 6.61 Å². The molecule has 0 bridgehead atoms. The van der Waals surface area contributed by atoms with Crippen molar-refractivity contribution in [1.29, 1.82) is 0 Å². The van der Waals surface area contributed by atoms with Crippen molar-refractivity contribution in [3.63, 3.8) is 0 Å². The van der Waals surface area contributed by atoms with Gasteiger partial charge >= 0.3 is 17.9 Å². The van der Waals surface area contributed by atoms with E-state index in [4.69, 9.17) is 18.9 Å². The van der Waals surface area contributed by atoms with E-state index in [0.717, 1.165) is 0 Å². The highest BCUT2D eigenvalue weighted by molar-refractivity contribution is 9.09. The lowest BCUT2D eigenvalue weighted by molar-refractivity contribution is -0.0435. The van der Waals surface area contributed by atoms with Crippen LogP contribution in [0.1, 0.15) is 31.1 Å². The highest BCUT2D eigenvalue weighted by Gasteiger charge is 2.49. The second-order valence-electron chi connectivity index (χ2n) is 7.46. The zero-order valence-corrected chi connectivity index (χ0v) is 19.5. The van der Waals surface area contributed by atoms with Gasteiger partial charge in [0.15, 0.2) is 17.2 Å². The van der Waals surface area contributed by atoms with Gasteiger partial charge in [0.1, 0.15) is 12.7 Å². The molecule has 1 saturated heterocycles. The average Bonchev–Trinajstić information content (AvgIpc) is 3.17. The summed E-state index contributed by atoms with van der Waals surface area (Å²) in [6.45, 7) is -0.206. The summed E-state index contributed by atoms with van der Waals surface area (Å²) in [5.74, 6) is -1.76. The Morgan fingerprint density at radius 1 is 0.647 bits per heavy atom. The number of rotatable bonds is 7. The summed E-state index contributed by atoms with van der Waals surface area (Å²) in [4.78, 5) is 37.8. The predicted molar refractivity (Wildman–Crippen MR) is 126 cm³/mol.